The molecule has 0 aliphatic rings. The van der Waals surface area contributed by atoms with Crippen molar-refractivity contribution in [2.75, 3.05) is 0 Å². The van der Waals surface area contributed by atoms with E-state index in [1.807, 2.05) is 19.9 Å². The molecular formula is C22H26O. The van der Waals surface area contributed by atoms with Crippen LogP contribution in [0, 0.1) is 48.5 Å². The van der Waals surface area contributed by atoms with Gasteiger partial charge in [-0.25, -0.2) is 0 Å². The van der Waals surface area contributed by atoms with Crippen molar-refractivity contribution in [3.8, 4) is 0 Å². The van der Waals surface area contributed by atoms with Gasteiger partial charge in [0.05, 0.1) is 0 Å². The third-order valence-corrected chi connectivity index (χ3v) is 5.09. The summed E-state index contributed by atoms with van der Waals surface area (Å²) in [5, 5.41) is 0. The molecule has 2 aromatic carbocycles. The summed E-state index contributed by atoms with van der Waals surface area (Å²) in [5.74, 6) is 0.0891. The molecule has 0 aliphatic carbocycles. The summed E-state index contributed by atoms with van der Waals surface area (Å²) in [4.78, 5) is 12.8. The molecule has 2 rings (SSSR count). The zero-order chi connectivity index (χ0) is 17.3. The standard InChI is InChI=1S/C22H26O/c1-13-8-9-20(14(2)12-13)10-11-21(23)22-18(6)16(4)15(3)17(5)19(22)7/h8-12H,1-7H3/b11-10+. The first kappa shape index (κ1) is 17.2. The minimum atomic E-state index is 0.0891. The van der Waals surface area contributed by atoms with Crippen molar-refractivity contribution in [1.82, 2.24) is 0 Å². The summed E-state index contributed by atoms with van der Waals surface area (Å²) < 4.78 is 0. The van der Waals surface area contributed by atoms with E-state index in [4.69, 9.17) is 0 Å². The molecule has 120 valence electrons. The highest BCUT2D eigenvalue weighted by Gasteiger charge is 2.16. The van der Waals surface area contributed by atoms with Gasteiger partial charge < -0.3 is 0 Å². The summed E-state index contributed by atoms with van der Waals surface area (Å²) in [7, 11) is 0. The number of rotatable bonds is 3. The number of ketones is 1. The average molecular weight is 306 g/mol. The van der Waals surface area contributed by atoms with E-state index < -0.39 is 0 Å². The molecule has 0 unspecified atom stereocenters. The van der Waals surface area contributed by atoms with Gasteiger partial charge in [-0.3, -0.25) is 4.79 Å². The SMILES string of the molecule is Cc1ccc(/C=C/C(=O)c2c(C)c(C)c(C)c(C)c2C)c(C)c1. The Morgan fingerprint density at radius 3 is 1.83 bits per heavy atom. The summed E-state index contributed by atoms with van der Waals surface area (Å²) >= 11 is 0. The van der Waals surface area contributed by atoms with Gasteiger partial charge in [-0.2, -0.15) is 0 Å². The minimum Gasteiger partial charge on any atom is -0.289 e. The zero-order valence-electron chi connectivity index (χ0n) is 15.3. The van der Waals surface area contributed by atoms with E-state index in [1.54, 1.807) is 6.08 Å². The Morgan fingerprint density at radius 2 is 1.30 bits per heavy atom. The maximum absolute atomic E-state index is 12.8. The van der Waals surface area contributed by atoms with Gasteiger partial charge in [-0.15, -0.1) is 0 Å². The second-order valence-corrected chi connectivity index (χ2v) is 6.56. The second kappa shape index (κ2) is 6.54. The van der Waals surface area contributed by atoms with Crippen LogP contribution in [0.15, 0.2) is 24.3 Å². The first-order valence-corrected chi connectivity index (χ1v) is 8.10. The monoisotopic (exact) mass is 306 g/mol. The van der Waals surface area contributed by atoms with Crippen molar-refractivity contribution in [1.29, 1.82) is 0 Å². The summed E-state index contributed by atoms with van der Waals surface area (Å²) in [6.45, 7) is 14.6. The van der Waals surface area contributed by atoms with E-state index in [0.29, 0.717) is 0 Å². The van der Waals surface area contributed by atoms with Crippen LogP contribution in [0.2, 0.25) is 0 Å². The fourth-order valence-electron chi connectivity index (χ4n) is 3.13. The average Bonchev–Trinajstić information content (AvgIpc) is 2.50. The minimum absolute atomic E-state index is 0.0891. The maximum atomic E-state index is 12.8. The van der Waals surface area contributed by atoms with Gasteiger partial charge in [0, 0.05) is 5.56 Å². The summed E-state index contributed by atoms with van der Waals surface area (Å²) in [6, 6.07) is 6.29. The lowest BCUT2D eigenvalue weighted by atomic mass is 9.87. The Kier molecular flexibility index (Phi) is 4.89. The van der Waals surface area contributed by atoms with Crippen molar-refractivity contribution >= 4 is 11.9 Å². The summed E-state index contributed by atoms with van der Waals surface area (Å²) in [6.07, 6.45) is 3.64. The fourth-order valence-corrected chi connectivity index (χ4v) is 3.13. The molecule has 1 nitrogen and oxygen atoms in total. The lowest BCUT2D eigenvalue weighted by Crippen LogP contribution is -2.07. The van der Waals surface area contributed by atoms with E-state index in [1.165, 1.54) is 27.8 Å². The molecular weight excluding hydrogens is 280 g/mol. The Bertz CT molecular complexity index is 778. The van der Waals surface area contributed by atoms with Crippen LogP contribution in [0.3, 0.4) is 0 Å². The Hall–Kier alpha value is -2.15. The van der Waals surface area contributed by atoms with E-state index in [9.17, 15) is 4.79 Å². The predicted molar refractivity (Wildman–Crippen MR) is 99.4 cm³/mol. The van der Waals surface area contributed by atoms with E-state index in [-0.39, 0.29) is 5.78 Å². The van der Waals surface area contributed by atoms with E-state index in [2.05, 4.69) is 52.8 Å². The number of hydrogen-bond donors (Lipinski definition) is 0. The number of carbonyl (C=O) groups is 1. The van der Waals surface area contributed by atoms with Crippen molar-refractivity contribution < 1.29 is 4.79 Å². The molecule has 0 saturated heterocycles. The third-order valence-electron chi connectivity index (χ3n) is 5.09. The molecule has 1 heteroatoms. The predicted octanol–water partition coefficient (Wildman–Crippen LogP) is 5.74. The van der Waals surface area contributed by atoms with Crippen LogP contribution in [0.1, 0.15) is 54.9 Å². The quantitative estimate of drug-likeness (QED) is 0.522. The van der Waals surface area contributed by atoms with Crippen LogP contribution in [-0.4, -0.2) is 5.78 Å². The van der Waals surface area contributed by atoms with Gasteiger partial charge in [-0.1, -0.05) is 29.8 Å². The maximum Gasteiger partial charge on any atom is 0.186 e. The van der Waals surface area contributed by atoms with Crippen molar-refractivity contribution in [2.45, 2.75) is 48.5 Å². The van der Waals surface area contributed by atoms with Gasteiger partial charge in [0.2, 0.25) is 0 Å². The lowest BCUT2D eigenvalue weighted by molar-refractivity contribution is 0.104. The number of allylic oxidation sites excluding steroid dienone is 1. The topological polar surface area (TPSA) is 17.1 Å². The van der Waals surface area contributed by atoms with Gasteiger partial charge in [0.15, 0.2) is 5.78 Å². The molecule has 0 saturated carbocycles. The molecule has 2 aromatic rings. The van der Waals surface area contributed by atoms with Crippen LogP contribution in [0.5, 0.6) is 0 Å². The van der Waals surface area contributed by atoms with Gasteiger partial charge in [0.25, 0.3) is 0 Å². The van der Waals surface area contributed by atoms with E-state index in [0.717, 1.165) is 22.3 Å². The Morgan fingerprint density at radius 1 is 0.783 bits per heavy atom. The number of benzene rings is 2. The molecule has 0 fully saturated rings. The molecule has 0 bridgehead atoms. The van der Waals surface area contributed by atoms with Crippen LogP contribution in [-0.2, 0) is 0 Å². The summed E-state index contributed by atoms with van der Waals surface area (Å²) in [5.41, 5.74) is 10.3. The fraction of sp³-hybridized carbons (Fsp3) is 0.318. The Balaban J connectivity index is 2.44. The molecule has 0 spiro atoms. The third kappa shape index (κ3) is 3.29. The molecule has 0 amide bonds. The second-order valence-electron chi connectivity index (χ2n) is 6.56. The van der Waals surface area contributed by atoms with Crippen molar-refractivity contribution in [3.63, 3.8) is 0 Å². The first-order valence-electron chi connectivity index (χ1n) is 8.10. The van der Waals surface area contributed by atoms with Crippen LogP contribution in [0.25, 0.3) is 6.08 Å². The van der Waals surface area contributed by atoms with Crippen LogP contribution >= 0.6 is 0 Å². The molecule has 0 N–H and O–H groups in total. The number of carbonyl (C=O) groups excluding carboxylic acids is 1. The number of hydrogen-bond acceptors (Lipinski definition) is 1. The van der Waals surface area contributed by atoms with Crippen molar-refractivity contribution in [2.24, 2.45) is 0 Å². The van der Waals surface area contributed by atoms with Crippen molar-refractivity contribution in [3.05, 3.63) is 74.3 Å². The van der Waals surface area contributed by atoms with Crippen LogP contribution in [0.4, 0.5) is 0 Å². The molecule has 0 atom stereocenters. The molecule has 0 aromatic heterocycles. The highest BCUT2D eigenvalue weighted by atomic mass is 16.1. The highest BCUT2D eigenvalue weighted by Crippen LogP contribution is 2.27. The molecule has 0 heterocycles. The largest absolute Gasteiger partial charge is 0.289 e. The Labute approximate surface area is 140 Å². The highest BCUT2D eigenvalue weighted by molar-refractivity contribution is 6.09. The molecule has 23 heavy (non-hydrogen) atoms. The zero-order valence-corrected chi connectivity index (χ0v) is 15.3. The number of aryl methyl sites for hydroxylation is 2. The first-order chi connectivity index (χ1) is 10.7. The molecule has 0 radical (unpaired) electrons. The van der Waals surface area contributed by atoms with Gasteiger partial charge >= 0.3 is 0 Å². The van der Waals surface area contributed by atoms with E-state index >= 15 is 0 Å². The normalized spacial score (nSPS) is 11.3. The van der Waals surface area contributed by atoms with Gasteiger partial charge in [0.1, 0.15) is 0 Å². The molecule has 0 aliphatic heterocycles. The lowest BCUT2D eigenvalue weighted by Gasteiger charge is -2.16. The van der Waals surface area contributed by atoms with Crippen LogP contribution < -0.4 is 0 Å². The van der Waals surface area contributed by atoms with Gasteiger partial charge in [-0.05, 0) is 93.5 Å². The smallest absolute Gasteiger partial charge is 0.186 e.